The topological polar surface area (TPSA) is 71.2 Å². The second kappa shape index (κ2) is 7.62. The van der Waals surface area contributed by atoms with E-state index in [2.05, 4.69) is 10.3 Å². The zero-order valence-electron chi connectivity index (χ0n) is 15.8. The molecule has 1 amide bonds. The first-order chi connectivity index (χ1) is 13.5. The number of carbonyl (C=O) groups excluding carboxylic acids is 1. The molecular formula is C22H23FN2O3. The zero-order valence-corrected chi connectivity index (χ0v) is 15.8. The van der Waals surface area contributed by atoms with Crippen molar-refractivity contribution in [1.29, 1.82) is 0 Å². The van der Waals surface area contributed by atoms with Gasteiger partial charge >= 0.3 is 0 Å². The number of ether oxygens (including phenoxy) is 1. The van der Waals surface area contributed by atoms with Crippen LogP contribution in [0.15, 0.2) is 41.2 Å². The molecule has 1 aliphatic heterocycles. The van der Waals surface area contributed by atoms with E-state index in [4.69, 9.17) is 4.74 Å². The third-order valence-electron chi connectivity index (χ3n) is 5.19. The van der Waals surface area contributed by atoms with Crippen molar-refractivity contribution in [3.63, 3.8) is 0 Å². The van der Waals surface area contributed by atoms with E-state index in [1.54, 1.807) is 19.1 Å². The van der Waals surface area contributed by atoms with E-state index in [9.17, 15) is 14.0 Å². The molecular weight excluding hydrogens is 359 g/mol. The molecule has 2 N–H and O–H groups in total. The number of hydrogen-bond donors (Lipinski definition) is 2. The Hall–Kier alpha value is -2.89. The Morgan fingerprint density at radius 1 is 1.21 bits per heavy atom. The highest BCUT2D eigenvalue weighted by atomic mass is 19.1. The number of carbonyl (C=O) groups is 1. The van der Waals surface area contributed by atoms with Crippen molar-refractivity contribution in [2.24, 2.45) is 0 Å². The number of benzene rings is 1. The first-order valence-corrected chi connectivity index (χ1v) is 9.72. The fourth-order valence-electron chi connectivity index (χ4n) is 3.60. The number of pyridine rings is 1. The van der Waals surface area contributed by atoms with E-state index < -0.39 is 5.82 Å². The lowest BCUT2D eigenvalue weighted by atomic mass is 9.98. The van der Waals surface area contributed by atoms with Gasteiger partial charge in [-0.1, -0.05) is 18.2 Å². The Bertz CT molecular complexity index is 992. The normalized spacial score (nSPS) is 19.6. The Labute approximate surface area is 162 Å². The molecule has 0 bridgehead atoms. The van der Waals surface area contributed by atoms with E-state index in [1.165, 1.54) is 6.07 Å². The molecule has 1 aliphatic carbocycles. The van der Waals surface area contributed by atoms with Crippen molar-refractivity contribution in [2.45, 2.75) is 44.6 Å². The first-order valence-electron chi connectivity index (χ1n) is 9.72. The lowest BCUT2D eigenvalue weighted by Crippen LogP contribution is -2.23. The number of aromatic nitrogens is 1. The summed E-state index contributed by atoms with van der Waals surface area (Å²) < 4.78 is 19.7. The van der Waals surface area contributed by atoms with Crippen LogP contribution in [0.1, 0.15) is 55.3 Å². The molecule has 4 rings (SSSR count). The summed E-state index contributed by atoms with van der Waals surface area (Å²) in [4.78, 5) is 27.0. The van der Waals surface area contributed by atoms with Gasteiger partial charge in [-0.25, -0.2) is 4.39 Å². The molecule has 6 heteroatoms. The predicted molar refractivity (Wildman–Crippen MR) is 105 cm³/mol. The fourth-order valence-corrected chi connectivity index (χ4v) is 3.60. The molecule has 28 heavy (non-hydrogen) atoms. The van der Waals surface area contributed by atoms with Gasteiger partial charge in [-0.3, -0.25) is 9.59 Å². The SMILES string of the molecule is CCOc1ccc(/C(=C/[C@H]2CCC(=O)N2)c2ccc(C3CC3)c(=O)[nH]2)cc1F. The van der Waals surface area contributed by atoms with Gasteiger partial charge in [0.2, 0.25) is 5.91 Å². The highest BCUT2D eigenvalue weighted by Gasteiger charge is 2.27. The third kappa shape index (κ3) is 3.86. The number of amides is 1. The summed E-state index contributed by atoms with van der Waals surface area (Å²) >= 11 is 0. The molecule has 1 aromatic carbocycles. The van der Waals surface area contributed by atoms with E-state index in [-0.39, 0.29) is 23.3 Å². The summed E-state index contributed by atoms with van der Waals surface area (Å²) in [6.07, 6.45) is 5.12. The Balaban J connectivity index is 1.75. The van der Waals surface area contributed by atoms with Gasteiger partial charge < -0.3 is 15.0 Å². The van der Waals surface area contributed by atoms with Crippen LogP contribution < -0.4 is 15.6 Å². The van der Waals surface area contributed by atoms with Crippen LogP contribution in [-0.2, 0) is 4.79 Å². The molecule has 1 aromatic heterocycles. The summed E-state index contributed by atoms with van der Waals surface area (Å²) in [5, 5.41) is 2.90. The van der Waals surface area contributed by atoms with Crippen molar-refractivity contribution in [3.8, 4) is 5.75 Å². The Morgan fingerprint density at radius 3 is 2.64 bits per heavy atom. The number of halogens is 1. The summed E-state index contributed by atoms with van der Waals surface area (Å²) in [6, 6.07) is 8.34. The van der Waals surface area contributed by atoms with Gasteiger partial charge in [0.05, 0.1) is 6.61 Å². The standard InChI is InChI=1S/C22H23FN2O3/c1-2-28-20-9-5-14(11-18(20)23)17(12-15-6-10-21(26)24-15)19-8-7-16(13-3-4-13)22(27)25-19/h5,7-9,11-13,15H,2-4,6,10H2,1H3,(H,24,26)(H,25,27)/b17-12-/t15-/m1/s1. The van der Waals surface area contributed by atoms with E-state index in [0.717, 1.165) is 18.4 Å². The Morgan fingerprint density at radius 2 is 2.04 bits per heavy atom. The van der Waals surface area contributed by atoms with Crippen LogP contribution in [0.25, 0.3) is 5.57 Å². The maximum atomic E-state index is 14.5. The van der Waals surface area contributed by atoms with Crippen molar-refractivity contribution in [1.82, 2.24) is 10.3 Å². The number of rotatable bonds is 6. The summed E-state index contributed by atoms with van der Waals surface area (Å²) in [5.41, 5.74) is 2.62. The maximum Gasteiger partial charge on any atom is 0.251 e. The molecule has 5 nitrogen and oxygen atoms in total. The van der Waals surface area contributed by atoms with Crippen LogP contribution in [-0.4, -0.2) is 23.5 Å². The highest BCUT2D eigenvalue weighted by Crippen LogP contribution is 2.38. The lowest BCUT2D eigenvalue weighted by molar-refractivity contribution is -0.119. The van der Waals surface area contributed by atoms with Crippen LogP contribution in [0.4, 0.5) is 4.39 Å². The number of nitrogens with one attached hydrogen (secondary N) is 2. The second-order valence-electron chi connectivity index (χ2n) is 7.30. The minimum absolute atomic E-state index is 0.00366. The second-order valence-corrected chi connectivity index (χ2v) is 7.30. The van der Waals surface area contributed by atoms with Crippen LogP contribution in [0, 0.1) is 5.82 Å². The molecule has 2 aromatic rings. The quantitative estimate of drug-likeness (QED) is 0.803. The molecule has 2 aliphatic rings. The van der Waals surface area contributed by atoms with Crippen molar-refractivity contribution < 1.29 is 13.9 Å². The van der Waals surface area contributed by atoms with Gasteiger partial charge in [-0.05, 0) is 55.9 Å². The highest BCUT2D eigenvalue weighted by molar-refractivity contribution is 5.82. The van der Waals surface area contributed by atoms with E-state index in [1.807, 2.05) is 18.2 Å². The van der Waals surface area contributed by atoms with Gasteiger partial charge in [0.1, 0.15) is 0 Å². The zero-order chi connectivity index (χ0) is 19.7. The molecule has 146 valence electrons. The predicted octanol–water partition coefficient (Wildman–Crippen LogP) is 3.50. The molecule has 1 atom stereocenters. The minimum atomic E-state index is -0.461. The monoisotopic (exact) mass is 382 g/mol. The van der Waals surface area contributed by atoms with Gasteiger partial charge in [-0.15, -0.1) is 0 Å². The van der Waals surface area contributed by atoms with Gasteiger partial charge in [0, 0.05) is 29.3 Å². The van der Waals surface area contributed by atoms with Gasteiger partial charge in [-0.2, -0.15) is 0 Å². The number of hydrogen-bond acceptors (Lipinski definition) is 3. The summed E-state index contributed by atoms with van der Waals surface area (Å²) in [5.74, 6) is 0.0771. The third-order valence-corrected chi connectivity index (χ3v) is 5.19. The largest absolute Gasteiger partial charge is 0.491 e. The smallest absolute Gasteiger partial charge is 0.251 e. The molecule has 0 unspecified atom stereocenters. The average molecular weight is 382 g/mol. The first kappa shape index (κ1) is 18.5. The van der Waals surface area contributed by atoms with E-state index >= 15 is 0 Å². The van der Waals surface area contributed by atoms with Crippen molar-refractivity contribution >= 4 is 11.5 Å². The van der Waals surface area contributed by atoms with Crippen LogP contribution in [0.2, 0.25) is 0 Å². The van der Waals surface area contributed by atoms with Gasteiger partial charge in [0.15, 0.2) is 11.6 Å². The summed E-state index contributed by atoms with van der Waals surface area (Å²) in [6.45, 7) is 2.18. The number of aromatic amines is 1. The van der Waals surface area contributed by atoms with Crippen LogP contribution in [0.3, 0.4) is 0 Å². The average Bonchev–Trinajstić information content (AvgIpc) is 3.43. The van der Waals surface area contributed by atoms with Crippen LogP contribution in [0.5, 0.6) is 5.75 Å². The number of H-pyrrole nitrogens is 1. The molecule has 1 saturated carbocycles. The fraction of sp³-hybridized carbons (Fsp3) is 0.364. The molecule has 1 saturated heterocycles. The Kier molecular flexibility index (Phi) is 5.03. The van der Waals surface area contributed by atoms with Crippen molar-refractivity contribution in [2.75, 3.05) is 6.61 Å². The molecule has 2 heterocycles. The molecule has 0 radical (unpaired) electrons. The van der Waals surface area contributed by atoms with Crippen molar-refractivity contribution in [3.05, 3.63) is 69.4 Å². The lowest BCUT2D eigenvalue weighted by Gasteiger charge is -2.14. The minimum Gasteiger partial charge on any atom is -0.491 e. The van der Waals surface area contributed by atoms with Gasteiger partial charge in [0.25, 0.3) is 5.56 Å². The van der Waals surface area contributed by atoms with Crippen LogP contribution >= 0.6 is 0 Å². The summed E-state index contributed by atoms with van der Waals surface area (Å²) in [7, 11) is 0. The molecule has 0 spiro atoms. The maximum absolute atomic E-state index is 14.5. The molecule has 2 fully saturated rings. The van der Waals surface area contributed by atoms with E-state index in [0.29, 0.717) is 42.2 Å².